The van der Waals surface area contributed by atoms with E-state index in [1.807, 2.05) is 0 Å². The van der Waals surface area contributed by atoms with E-state index >= 15 is 0 Å². The summed E-state index contributed by atoms with van der Waals surface area (Å²) in [4.78, 5) is 0. The molecule has 0 amide bonds. The first kappa shape index (κ1) is 5.90. The zero-order valence-corrected chi connectivity index (χ0v) is 6.31. The maximum Gasteiger partial charge on any atom is 0 e. The topological polar surface area (TPSA) is 13.1 Å². The van der Waals surface area contributed by atoms with Crippen molar-refractivity contribution in [2.24, 2.45) is 0 Å². The van der Waals surface area contributed by atoms with Gasteiger partial charge < -0.3 is 4.42 Å². The van der Waals surface area contributed by atoms with Crippen molar-refractivity contribution in [3.63, 3.8) is 0 Å². The summed E-state index contributed by atoms with van der Waals surface area (Å²) in [6.07, 6.45) is 4.06. The van der Waals surface area contributed by atoms with Crippen LogP contribution in [0.4, 0.5) is 0 Å². The standard InChI is InChI=1S/C4H3O.Zn/c1-2-4-5-3-1;/h1-3H;/q-1;. The number of hydrogen-bond donors (Lipinski definition) is 0. The molecule has 0 radical (unpaired) electrons. The molecule has 0 aliphatic rings. The van der Waals surface area contributed by atoms with Gasteiger partial charge in [-0.05, 0) is 6.26 Å². The SMILES string of the molecule is [Zn].[c-]1ccco1. The molecular weight excluding hydrogens is 129 g/mol. The molecule has 0 fully saturated rings. The van der Waals surface area contributed by atoms with Gasteiger partial charge in [0.1, 0.15) is 0 Å². The van der Waals surface area contributed by atoms with Gasteiger partial charge in [0.15, 0.2) is 0 Å². The second kappa shape index (κ2) is 3.11. The van der Waals surface area contributed by atoms with Gasteiger partial charge in [-0.2, -0.15) is 6.07 Å². The van der Waals surface area contributed by atoms with Crippen molar-refractivity contribution in [3.8, 4) is 0 Å². The quantitative estimate of drug-likeness (QED) is 0.380. The van der Waals surface area contributed by atoms with E-state index in [0.717, 1.165) is 0 Å². The van der Waals surface area contributed by atoms with Crippen molar-refractivity contribution in [3.05, 3.63) is 24.7 Å². The van der Waals surface area contributed by atoms with E-state index in [9.17, 15) is 0 Å². The summed E-state index contributed by atoms with van der Waals surface area (Å²) in [7, 11) is 0. The Morgan fingerprint density at radius 3 is 2.50 bits per heavy atom. The van der Waals surface area contributed by atoms with Crippen molar-refractivity contribution in [2.45, 2.75) is 0 Å². The Kier molecular flexibility index (Phi) is 3.06. The van der Waals surface area contributed by atoms with E-state index < -0.39 is 0 Å². The van der Waals surface area contributed by atoms with Gasteiger partial charge in [-0.25, -0.2) is 0 Å². The van der Waals surface area contributed by atoms with Gasteiger partial charge in [0.25, 0.3) is 0 Å². The first-order valence-corrected chi connectivity index (χ1v) is 1.40. The second-order valence-electron chi connectivity index (χ2n) is 0.731. The van der Waals surface area contributed by atoms with Crippen LogP contribution in [-0.2, 0) is 19.5 Å². The summed E-state index contributed by atoms with van der Waals surface area (Å²) in [5, 5.41) is 0. The van der Waals surface area contributed by atoms with E-state index in [1.165, 1.54) is 0 Å². The molecule has 0 bridgehead atoms. The fourth-order valence-corrected chi connectivity index (χ4v) is 0.196. The van der Waals surface area contributed by atoms with Crippen molar-refractivity contribution >= 4 is 0 Å². The van der Waals surface area contributed by atoms with Crippen LogP contribution in [0.15, 0.2) is 22.8 Å². The van der Waals surface area contributed by atoms with Crippen LogP contribution in [0.1, 0.15) is 0 Å². The van der Waals surface area contributed by atoms with Gasteiger partial charge in [-0.3, -0.25) is 0 Å². The average Bonchev–Trinajstić information content (AvgIpc) is 1.76. The summed E-state index contributed by atoms with van der Waals surface area (Å²) in [5.41, 5.74) is 0. The van der Waals surface area contributed by atoms with Crippen LogP contribution in [-0.4, -0.2) is 0 Å². The number of hydrogen-bond acceptors (Lipinski definition) is 1. The molecule has 1 nitrogen and oxygen atoms in total. The maximum atomic E-state index is 4.46. The van der Waals surface area contributed by atoms with Crippen LogP contribution in [0.25, 0.3) is 0 Å². The van der Waals surface area contributed by atoms with Gasteiger partial charge in [0, 0.05) is 19.5 Å². The molecule has 0 aliphatic heterocycles. The van der Waals surface area contributed by atoms with Crippen LogP contribution in [0.5, 0.6) is 0 Å². The third kappa shape index (κ3) is 1.37. The minimum absolute atomic E-state index is 0. The van der Waals surface area contributed by atoms with Crippen LogP contribution in [0.2, 0.25) is 0 Å². The molecular formula is C4H3OZn-. The van der Waals surface area contributed by atoms with E-state index in [0.29, 0.717) is 0 Å². The zero-order chi connectivity index (χ0) is 3.54. The molecule has 0 saturated carbocycles. The second-order valence-corrected chi connectivity index (χ2v) is 0.731. The van der Waals surface area contributed by atoms with Gasteiger partial charge in [-0.15, -0.1) is 6.07 Å². The molecule has 0 aromatic carbocycles. The Labute approximate surface area is 49.1 Å². The van der Waals surface area contributed by atoms with E-state index in [-0.39, 0.29) is 19.5 Å². The van der Waals surface area contributed by atoms with Crippen molar-refractivity contribution in [1.82, 2.24) is 0 Å². The third-order valence-electron chi connectivity index (χ3n) is 0.379. The minimum atomic E-state index is 0. The van der Waals surface area contributed by atoms with Crippen LogP contribution in [0.3, 0.4) is 0 Å². The molecule has 0 unspecified atom stereocenters. The van der Waals surface area contributed by atoms with Crippen LogP contribution >= 0.6 is 0 Å². The van der Waals surface area contributed by atoms with Crippen LogP contribution < -0.4 is 0 Å². The smallest absolute Gasteiger partial charge is 0 e. The van der Waals surface area contributed by atoms with Crippen molar-refractivity contribution in [2.75, 3.05) is 0 Å². The Balaban J connectivity index is 0.000000250. The van der Waals surface area contributed by atoms with E-state index in [4.69, 9.17) is 0 Å². The average molecular weight is 132 g/mol. The van der Waals surface area contributed by atoms with Crippen molar-refractivity contribution in [1.29, 1.82) is 0 Å². The molecule has 1 aromatic heterocycles. The molecule has 0 atom stereocenters. The molecule has 0 aliphatic carbocycles. The molecule has 0 saturated heterocycles. The first-order valence-electron chi connectivity index (χ1n) is 1.40. The third-order valence-corrected chi connectivity index (χ3v) is 0.379. The summed E-state index contributed by atoms with van der Waals surface area (Å²) in [6, 6.07) is 3.49. The zero-order valence-electron chi connectivity index (χ0n) is 3.35. The fourth-order valence-electron chi connectivity index (χ4n) is 0.196. The predicted octanol–water partition coefficient (Wildman–Crippen LogP) is 1.08. The van der Waals surface area contributed by atoms with Gasteiger partial charge in [0.2, 0.25) is 0 Å². The maximum absolute atomic E-state index is 4.46. The van der Waals surface area contributed by atoms with Gasteiger partial charge >= 0.3 is 0 Å². The van der Waals surface area contributed by atoms with Crippen LogP contribution in [0, 0.1) is 6.26 Å². The van der Waals surface area contributed by atoms with E-state index in [1.54, 1.807) is 18.4 Å². The molecule has 2 heteroatoms. The Bertz CT molecular complexity index is 64.0. The molecule has 1 aromatic rings. The largest absolute Gasteiger partial charge is 0.599 e. The summed E-state index contributed by atoms with van der Waals surface area (Å²) in [6.45, 7) is 0. The van der Waals surface area contributed by atoms with E-state index in [2.05, 4.69) is 10.7 Å². The van der Waals surface area contributed by atoms with Crippen molar-refractivity contribution < 1.29 is 23.9 Å². The summed E-state index contributed by atoms with van der Waals surface area (Å²) in [5.74, 6) is 0. The normalized spacial score (nSPS) is 6.67. The first-order chi connectivity index (χ1) is 2.50. The summed E-state index contributed by atoms with van der Waals surface area (Å²) < 4.78 is 4.46. The minimum Gasteiger partial charge on any atom is -0.599 e. The molecule has 28 valence electrons. The Morgan fingerprint density at radius 2 is 2.33 bits per heavy atom. The summed E-state index contributed by atoms with van der Waals surface area (Å²) >= 11 is 0. The monoisotopic (exact) mass is 131 g/mol. The Morgan fingerprint density at radius 1 is 1.50 bits per heavy atom. The number of furan rings is 1. The van der Waals surface area contributed by atoms with Gasteiger partial charge in [-0.1, -0.05) is 6.26 Å². The number of rotatable bonds is 0. The predicted molar refractivity (Wildman–Crippen MR) is 17.5 cm³/mol. The molecule has 0 spiro atoms. The Hall–Kier alpha value is -0.0966. The molecule has 6 heavy (non-hydrogen) atoms. The molecule has 1 heterocycles. The van der Waals surface area contributed by atoms with Gasteiger partial charge in [0.05, 0.1) is 0 Å². The molecule has 0 N–H and O–H groups in total. The molecule has 1 rings (SSSR count). The fraction of sp³-hybridized carbons (Fsp3) is 0.